The summed E-state index contributed by atoms with van der Waals surface area (Å²) in [6.45, 7) is 0. The second kappa shape index (κ2) is 6.12. The number of anilines is 1. The van der Waals surface area contributed by atoms with E-state index in [1.54, 1.807) is 42.6 Å². The summed E-state index contributed by atoms with van der Waals surface area (Å²) >= 11 is 4.96. The topological polar surface area (TPSA) is 77.2 Å². The van der Waals surface area contributed by atoms with E-state index in [0.717, 1.165) is 0 Å². The summed E-state index contributed by atoms with van der Waals surface area (Å²) in [6.07, 6.45) is 1.55. The highest BCUT2D eigenvalue weighted by atomic mass is 32.1. The number of rotatable bonds is 4. The van der Waals surface area contributed by atoms with Gasteiger partial charge in [0.15, 0.2) is 0 Å². The first-order valence-corrected chi connectivity index (χ1v) is 6.23. The average molecular weight is 287 g/mol. The Labute approximate surface area is 121 Å². The number of thiocarbonyl (C=S) groups is 1. The molecule has 20 heavy (non-hydrogen) atoms. The molecule has 0 radical (unpaired) electrons. The van der Waals surface area contributed by atoms with E-state index in [1.807, 2.05) is 0 Å². The fourth-order valence-corrected chi connectivity index (χ4v) is 1.90. The fraction of sp³-hybridized carbons (Fsp3) is 0.0714. The van der Waals surface area contributed by atoms with Crippen LogP contribution < -0.4 is 15.8 Å². The van der Waals surface area contributed by atoms with Crippen molar-refractivity contribution >= 4 is 28.8 Å². The molecule has 0 fully saturated rings. The Morgan fingerprint density at radius 3 is 2.65 bits per heavy atom. The number of nitrogens with two attached hydrogens (primary N) is 1. The number of benzene rings is 1. The van der Waals surface area contributed by atoms with Gasteiger partial charge in [0.2, 0.25) is 5.88 Å². The van der Waals surface area contributed by atoms with Gasteiger partial charge in [0.05, 0.1) is 12.8 Å². The molecular formula is C14H13N3O2S. The van der Waals surface area contributed by atoms with E-state index in [2.05, 4.69) is 10.3 Å². The quantitative estimate of drug-likeness (QED) is 0.841. The van der Waals surface area contributed by atoms with Crippen molar-refractivity contribution < 1.29 is 9.53 Å². The molecule has 1 amide bonds. The first-order valence-electron chi connectivity index (χ1n) is 5.82. The van der Waals surface area contributed by atoms with Crippen LogP contribution in [-0.4, -0.2) is 23.0 Å². The van der Waals surface area contributed by atoms with Crippen molar-refractivity contribution in [2.45, 2.75) is 0 Å². The van der Waals surface area contributed by atoms with Crippen molar-refractivity contribution in [3.63, 3.8) is 0 Å². The maximum Gasteiger partial charge on any atom is 0.261 e. The molecule has 6 heteroatoms. The van der Waals surface area contributed by atoms with Crippen molar-refractivity contribution in [3.8, 4) is 5.88 Å². The van der Waals surface area contributed by atoms with Crippen LogP contribution in [0.1, 0.15) is 15.9 Å². The SMILES string of the molecule is COc1ncccc1C(=O)Nc1ccccc1C(N)=S. The van der Waals surface area contributed by atoms with Crippen molar-refractivity contribution in [3.05, 3.63) is 53.7 Å². The Morgan fingerprint density at radius 1 is 1.25 bits per heavy atom. The van der Waals surface area contributed by atoms with Gasteiger partial charge in [0.25, 0.3) is 5.91 Å². The van der Waals surface area contributed by atoms with Crippen LogP contribution in [0.15, 0.2) is 42.6 Å². The highest BCUT2D eigenvalue weighted by Gasteiger charge is 2.14. The summed E-state index contributed by atoms with van der Waals surface area (Å²) in [5.41, 5.74) is 7.13. The lowest BCUT2D eigenvalue weighted by atomic mass is 10.1. The van der Waals surface area contributed by atoms with Gasteiger partial charge < -0.3 is 15.8 Å². The number of nitrogens with one attached hydrogen (secondary N) is 1. The summed E-state index contributed by atoms with van der Waals surface area (Å²) < 4.78 is 5.06. The van der Waals surface area contributed by atoms with E-state index in [0.29, 0.717) is 16.8 Å². The maximum atomic E-state index is 12.3. The number of aromatic nitrogens is 1. The summed E-state index contributed by atoms with van der Waals surface area (Å²) in [5.74, 6) is -0.0727. The minimum absolute atomic E-state index is 0.221. The van der Waals surface area contributed by atoms with Crippen LogP contribution >= 0.6 is 12.2 Å². The Morgan fingerprint density at radius 2 is 1.95 bits per heavy atom. The average Bonchev–Trinajstić information content (AvgIpc) is 2.47. The standard InChI is InChI=1S/C14H13N3O2S/c1-19-14-10(6-4-8-16-14)13(18)17-11-7-3-2-5-9(11)12(15)20/h2-8H,1H3,(H2,15,20)(H,17,18). The summed E-state index contributed by atoms with van der Waals surface area (Å²) in [5, 5.41) is 2.76. The van der Waals surface area contributed by atoms with Crippen LogP contribution in [0.4, 0.5) is 5.69 Å². The monoisotopic (exact) mass is 287 g/mol. The third-order valence-electron chi connectivity index (χ3n) is 2.65. The fourth-order valence-electron chi connectivity index (χ4n) is 1.72. The first kappa shape index (κ1) is 14.0. The van der Waals surface area contributed by atoms with E-state index >= 15 is 0 Å². The van der Waals surface area contributed by atoms with E-state index in [1.165, 1.54) is 7.11 Å². The van der Waals surface area contributed by atoms with E-state index in [9.17, 15) is 4.79 Å². The summed E-state index contributed by atoms with van der Waals surface area (Å²) in [4.78, 5) is 16.5. The molecule has 0 atom stereocenters. The number of hydrogen-bond acceptors (Lipinski definition) is 4. The molecule has 0 saturated heterocycles. The highest BCUT2D eigenvalue weighted by molar-refractivity contribution is 7.80. The Kier molecular flexibility index (Phi) is 4.27. The molecule has 0 bridgehead atoms. The number of pyridine rings is 1. The molecule has 102 valence electrons. The minimum atomic E-state index is -0.335. The van der Waals surface area contributed by atoms with Crippen molar-refractivity contribution in [1.29, 1.82) is 0 Å². The highest BCUT2D eigenvalue weighted by Crippen LogP contribution is 2.19. The minimum Gasteiger partial charge on any atom is -0.480 e. The van der Waals surface area contributed by atoms with Gasteiger partial charge in [0.1, 0.15) is 10.6 Å². The molecular weight excluding hydrogens is 274 g/mol. The van der Waals surface area contributed by atoms with Crippen LogP contribution in [0.3, 0.4) is 0 Å². The Hall–Kier alpha value is -2.47. The van der Waals surface area contributed by atoms with E-state index in [-0.39, 0.29) is 16.8 Å². The molecule has 1 aromatic carbocycles. The predicted octanol–water partition coefficient (Wildman–Crippen LogP) is 1.98. The third-order valence-corrected chi connectivity index (χ3v) is 2.87. The van der Waals surface area contributed by atoms with Gasteiger partial charge in [-0.25, -0.2) is 4.98 Å². The van der Waals surface area contributed by atoms with Crippen LogP contribution in [0, 0.1) is 0 Å². The number of para-hydroxylation sites is 1. The van der Waals surface area contributed by atoms with Crippen LogP contribution in [-0.2, 0) is 0 Å². The van der Waals surface area contributed by atoms with Crippen LogP contribution in [0.5, 0.6) is 5.88 Å². The zero-order chi connectivity index (χ0) is 14.5. The number of hydrogen-bond donors (Lipinski definition) is 2. The van der Waals surface area contributed by atoms with Crippen LogP contribution in [0.2, 0.25) is 0 Å². The number of carbonyl (C=O) groups excluding carboxylic acids is 1. The zero-order valence-electron chi connectivity index (χ0n) is 10.8. The second-order valence-electron chi connectivity index (χ2n) is 3.92. The number of carbonyl (C=O) groups is 1. The van der Waals surface area contributed by atoms with Gasteiger partial charge >= 0.3 is 0 Å². The number of methoxy groups -OCH3 is 1. The number of nitrogens with zero attached hydrogens (tertiary/aromatic N) is 1. The third kappa shape index (κ3) is 2.92. The largest absolute Gasteiger partial charge is 0.480 e. The number of amides is 1. The summed E-state index contributed by atoms with van der Waals surface area (Å²) in [6, 6.07) is 10.4. The Bertz CT molecular complexity index is 658. The molecule has 1 heterocycles. The van der Waals surface area contributed by atoms with Crippen molar-refractivity contribution in [2.24, 2.45) is 5.73 Å². The molecule has 0 aliphatic carbocycles. The molecule has 1 aromatic heterocycles. The molecule has 0 unspecified atom stereocenters. The molecule has 5 nitrogen and oxygen atoms in total. The Balaban J connectivity index is 2.31. The molecule has 0 spiro atoms. The lowest BCUT2D eigenvalue weighted by molar-refractivity contribution is 0.102. The van der Waals surface area contributed by atoms with E-state index < -0.39 is 0 Å². The lowest BCUT2D eigenvalue weighted by Gasteiger charge is -2.11. The summed E-state index contributed by atoms with van der Waals surface area (Å²) in [7, 11) is 1.46. The zero-order valence-corrected chi connectivity index (χ0v) is 11.6. The van der Waals surface area contributed by atoms with Gasteiger partial charge in [-0.2, -0.15) is 0 Å². The van der Waals surface area contributed by atoms with Gasteiger partial charge in [-0.05, 0) is 24.3 Å². The first-order chi connectivity index (χ1) is 9.63. The molecule has 0 saturated carbocycles. The number of ether oxygens (including phenoxy) is 1. The maximum absolute atomic E-state index is 12.3. The smallest absolute Gasteiger partial charge is 0.261 e. The normalized spacial score (nSPS) is 9.85. The molecule has 2 aromatic rings. The van der Waals surface area contributed by atoms with Gasteiger partial charge in [0, 0.05) is 11.8 Å². The lowest BCUT2D eigenvalue weighted by Crippen LogP contribution is -2.18. The molecule has 0 aliphatic rings. The molecule has 3 N–H and O–H groups in total. The predicted molar refractivity (Wildman–Crippen MR) is 81.1 cm³/mol. The van der Waals surface area contributed by atoms with E-state index in [4.69, 9.17) is 22.7 Å². The van der Waals surface area contributed by atoms with Crippen molar-refractivity contribution in [2.75, 3.05) is 12.4 Å². The van der Waals surface area contributed by atoms with Gasteiger partial charge in [-0.15, -0.1) is 0 Å². The molecule has 0 aliphatic heterocycles. The van der Waals surface area contributed by atoms with Gasteiger partial charge in [-0.3, -0.25) is 4.79 Å². The van der Waals surface area contributed by atoms with Crippen LogP contribution in [0.25, 0.3) is 0 Å². The van der Waals surface area contributed by atoms with Crippen molar-refractivity contribution in [1.82, 2.24) is 4.98 Å². The second-order valence-corrected chi connectivity index (χ2v) is 4.36. The van der Waals surface area contributed by atoms with Gasteiger partial charge in [-0.1, -0.05) is 24.4 Å². The molecule has 2 rings (SSSR count).